The van der Waals surface area contributed by atoms with E-state index in [9.17, 15) is 4.79 Å². The monoisotopic (exact) mass is 321 g/mol. The highest BCUT2D eigenvalue weighted by atomic mass is 32.1. The maximum Gasteiger partial charge on any atom is 0.231 e. The third-order valence-corrected chi connectivity index (χ3v) is 5.09. The summed E-state index contributed by atoms with van der Waals surface area (Å²) in [5, 5.41) is 8.27. The number of aromatic nitrogens is 2. The molecule has 0 aliphatic heterocycles. The fourth-order valence-corrected chi connectivity index (χ4v) is 4.09. The molecule has 0 unspecified atom stereocenters. The number of thiazole rings is 2. The quantitative estimate of drug-likeness (QED) is 0.795. The van der Waals surface area contributed by atoms with Crippen LogP contribution in [0.15, 0.2) is 29.1 Å². The molecule has 0 aliphatic carbocycles. The van der Waals surface area contributed by atoms with Crippen LogP contribution in [0.5, 0.6) is 0 Å². The van der Waals surface area contributed by atoms with Gasteiger partial charge in [-0.3, -0.25) is 4.79 Å². The Morgan fingerprint density at radius 1 is 1.35 bits per heavy atom. The molecule has 0 aliphatic rings. The zero-order valence-corrected chi connectivity index (χ0v) is 13.1. The molecular formula is C13H11N3OS3. The summed E-state index contributed by atoms with van der Waals surface area (Å²) >= 11 is 4.63. The molecule has 1 amide bonds. The van der Waals surface area contributed by atoms with E-state index in [0.717, 1.165) is 20.5 Å². The zero-order valence-electron chi connectivity index (χ0n) is 10.6. The predicted molar refractivity (Wildman–Crippen MR) is 84.6 cm³/mol. The van der Waals surface area contributed by atoms with Gasteiger partial charge in [-0.1, -0.05) is 6.07 Å². The van der Waals surface area contributed by atoms with Crippen LogP contribution in [0, 0.1) is 6.92 Å². The first-order chi connectivity index (χ1) is 9.72. The van der Waals surface area contributed by atoms with Crippen LogP contribution in [0.3, 0.4) is 0 Å². The Labute approximate surface area is 128 Å². The summed E-state index contributed by atoms with van der Waals surface area (Å²) in [6.45, 7) is 1.96. The second-order valence-corrected chi connectivity index (χ2v) is 7.17. The topological polar surface area (TPSA) is 54.9 Å². The number of aryl methyl sites for hydroxylation is 1. The highest BCUT2D eigenvalue weighted by Gasteiger charge is 2.15. The lowest BCUT2D eigenvalue weighted by Gasteiger charge is -2.01. The maximum absolute atomic E-state index is 12.0. The van der Waals surface area contributed by atoms with Gasteiger partial charge in [-0.25, -0.2) is 9.97 Å². The van der Waals surface area contributed by atoms with Crippen molar-refractivity contribution in [2.45, 2.75) is 13.3 Å². The normalized spacial score (nSPS) is 10.7. The minimum Gasteiger partial charge on any atom is -0.302 e. The summed E-state index contributed by atoms with van der Waals surface area (Å²) < 4.78 is 0. The first kappa shape index (κ1) is 13.4. The number of hydrogen-bond acceptors (Lipinski definition) is 6. The Bertz CT molecular complexity index is 701. The largest absolute Gasteiger partial charge is 0.302 e. The van der Waals surface area contributed by atoms with Crippen LogP contribution in [0.1, 0.15) is 9.88 Å². The van der Waals surface area contributed by atoms with Gasteiger partial charge in [-0.15, -0.1) is 34.0 Å². The molecule has 7 heteroatoms. The van der Waals surface area contributed by atoms with Crippen molar-refractivity contribution >= 4 is 45.0 Å². The molecule has 102 valence electrons. The van der Waals surface area contributed by atoms with Crippen molar-refractivity contribution in [1.82, 2.24) is 9.97 Å². The van der Waals surface area contributed by atoms with Crippen molar-refractivity contribution < 1.29 is 4.79 Å². The molecule has 0 atom stereocenters. The Morgan fingerprint density at radius 3 is 2.95 bits per heavy atom. The predicted octanol–water partition coefficient (Wildman–Crippen LogP) is 3.82. The first-order valence-corrected chi connectivity index (χ1v) is 8.49. The minimum atomic E-state index is -0.0543. The number of amides is 1. The molecule has 3 aromatic heterocycles. The molecule has 3 heterocycles. The minimum absolute atomic E-state index is 0.0543. The summed E-state index contributed by atoms with van der Waals surface area (Å²) in [4.78, 5) is 22.7. The van der Waals surface area contributed by atoms with E-state index < -0.39 is 0 Å². The molecule has 0 saturated heterocycles. The third kappa shape index (κ3) is 2.95. The van der Waals surface area contributed by atoms with Gasteiger partial charge in [0.1, 0.15) is 0 Å². The third-order valence-electron chi connectivity index (χ3n) is 2.56. The lowest BCUT2D eigenvalue weighted by atomic mass is 10.2. The van der Waals surface area contributed by atoms with E-state index in [4.69, 9.17) is 0 Å². The van der Waals surface area contributed by atoms with E-state index >= 15 is 0 Å². The average Bonchev–Trinajstić information content (AvgIpc) is 3.10. The van der Waals surface area contributed by atoms with Crippen molar-refractivity contribution in [3.05, 3.63) is 39.0 Å². The van der Waals surface area contributed by atoms with Gasteiger partial charge in [0.05, 0.1) is 22.0 Å². The standard InChI is InChI=1S/C13H11N3OS3/c1-8-15-12(9-3-2-5-18-9)10(20-8)7-11(17)16-13-14-4-6-19-13/h2-6H,7H2,1H3,(H,14,16,17). The number of nitrogens with zero attached hydrogens (tertiary/aromatic N) is 2. The van der Waals surface area contributed by atoms with Gasteiger partial charge in [0.15, 0.2) is 5.13 Å². The smallest absolute Gasteiger partial charge is 0.231 e. The maximum atomic E-state index is 12.0. The molecule has 0 radical (unpaired) electrons. The van der Waals surface area contributed by atoms with E-state index in [1.807, 2.05) is 29.8 Å². The first-order valence-electron chi connectivity index (χ1n) is 5.92. The second-order valence-electron chi connectivity index (χ2n) is 4.04. The summed E-state index contributed by atoms with van der Waals surface area (Å²) in [5.41, 5.74) is 0.928. The molecule has 0 fully saturated rings. The van der Waals surface area contributed by atoms with Gasteiger partial charge in [0, 0.05) is 16.5 Å². The van der Waals surface area contributed by atoms with Crippen LogP contribution in [0.2, 0.25) is 0 Å². The molecule has 3 rings (SSSR count). The molecule has 0 bridgehead atoms. The molecule has 0 aromatic carbocycles. The second kappa shape index (κ2) is 5.82. The summed E-state index contributed by atoms with van der Waals surface area (Å²) in [5.74, 6) is -0.0543. The molecule has 0 saturated carbocycles. The summed E-state index contributed by atoms with van der Waals surface area (Å²) in [6, 6.07) is 4.02. The van der Waals surface area contributed by atoms with Gasteiger partial charge in [-0.05, 0) is 18.4 Å². The van der Waals surface area contributed by atoms with Crippen LogP contribution in [-0.2, 0) is 11.2 Å². The van der Waals surface area contributed by atoms with E-state index in [1.54, 1.807) is 28.9 Å². The number of hydrogen-bond donors (Lipinski definition) is 1. The Morgan fingerprint density at radius 2 is 2.25 bits per heavy atom. The average molecular weight is 321 g/mol. The lowest BCUT2D eigenvalue weighted by molar-refractivity contribution is -0.115. The van der Waals surface area contributed by atoms with Gasteiger partial charge >= 0.3 is 0 Å². The molecule has 4 nitrogen and oxygen atoms in total. The summed E-state index contributed by atoms with van der Waals surface area (Å²) in [6.07, 6.45) is 2.01. The zero-order chi connectivity index (χ0) is 13.9. The molecule has 3 aromatic rings. The van der Waals surface area contributed by atoms with Crippen molar-refractivity contribution in [3.8, 4) is 10.6 Å². The Hall–Kier alpha value is -1.57. The van der Waals surface area contributed by atoms with Crippen molar-refractivity contribution in [2.24, 2.45) is 0 Å². The van der Waals surface area contributed by atoms with Crippen LogP contribution in [-0.4, -0.2) is 15.9 Å². The van der Waals surface area contributed by atoms with Crippen LogP contribution < -0.4 is 5.32 Å². The fourth-order valence-electron chi connectivity index (χ4n) is 1.79. The molecular weight excluding hydrogens is 310 g/mol. The number of rotatable bonds is 4. The van der Waals surface area contributed by atoms with Crippen molar-refractivity contribution in [1.29, 1.82) is 0 Å². The van der Waals surface area contributed by atoms with Gasteiger partial charge < -0.3 is 5.32 Å². The van der Waals surface area contributed by atoms with E-state index in [2.05, 4.69) is 15.3 Å². The number of nitrogens with one attached hydrogen (secondary N) is 1. The van der Waals surface area contributed by atoms with E-state index in [1.165, 1.54) is 11.3 Å². The summed E-state index contributed by atoms with van der Waals surface area (Å²) in [7, 11) is 0. The Balaban J connectivity index is 1.79. The van der Waals surface area contributed by atoms with Gasteiger partial charge in [0.2, 0.25) is 5.91 Å². The van der Waals surface area contributed by atoms with E-state index in [-0.39, 0.29) is 5.91 Å². The lowest BCUT2D eigenvalue weighted by Crippen LogP contribution is -2.13. The number of carbonyl (C=O) groups is 1. The number of thiophene rings is 1. The van der Waals surface area contributed by atoms with Crippen molar-refractivity contribution in [3.63, 3.8) is 0 Å². The van der Waals surface area contributed by atoms with E-state index in [0.29, 0.717) is 11.6 Å². The molecule has 1 N–H and O–H groups in total. The number of carbonyl (C=O) groups excluding carboxylic acids is 1. The highest BCUT2D eigenvalue weighted by molar-refractivity contribution is 7.15. The van der Waals surface area contributed by atoms with Crippen LogP contribution >= 0.6 is 34.0 Å². The molecule has 20 heavy (non-hydrogen) atoms. The Kier molecular flexibility index (Phi) is 3.90. The van der Waals surface area contributed by atoms with Crippen molar-refractivity contribution in [2.75, 3.05) is 5.32 Å². The van der Waals surface area contributed by atoms with Crippen LogP contribution in [0.4, 0.5) is 5.13 Å². The fraction of sp³-hybridized carbons (Fsp3) is 0.154. The highest BCUT2D eigenvalue weighted by Crippen LogP contribution is 2.31. The SMILES string of the molecule is Cc1nc(-c2cccs2)c(CC(=O)Nc2nccs2)s1. The van der Waals surface area contributed by atoms with Gasteiger partial charge in [-0.2, -0.15) is 0 Å². The number of anilines is 1. The van der Waals surface area contributed by atoms with Crippen LogP contribution in [0.25, 0.3) is 10.6 Å². The van der Waals surface area contributed by atoms with Gasteiger partial charge in [0.25, 0.3) is 0 Å². The molecule has 0 spiro atoms.